The highest BCUT2D eigenvalue weighted by Crippen LogP contribution is 2.08. The fourth-order valence-electron chi connectivity index (χ4n) is 0.906. The molecule has 0 radical (unpaired) electrons. The molecule has 0 aliphatic carbocycles. The lowest BCUT2D eigenvalue weighted by Crippen LogP contribution is -2.02. The second kappa shape index (κ2) is 3.95. The van der Waals surface area contributed by atoms with Crippen molar-refractivity contribution in [3.05, 3.63) is 35.0 Å². The van der Waals surface area contributed by atoms with E-state index in [0.29, 0.717) is 12.2 Å². The molecule has 0 atom stereocenters. The summed E-state index contributed by atoms with van der Waals surface area (Å²) >= 11 is 0. The molecule has 0 amide bonds. The first-order valence-electron chi connectivity index (χ1n) is 3.54. The summed E-state index contributed by atoms with van der Waals surface area (Å²) in [6.45, 7) is 0.643. The van der Waals surface area contributed by atoms with Gasteiger partial charge < -0.3 is 16.4 Å². The Labute approximate surface area is 65.8 Å². The van der Waals surface area contributed by atoms with Gasteiger partial charge in [0.2, 0.25) is 0 Å². The molecule has 0 fully saturated rings. The molecule has 0 saturated heterocycles. The summed E-state index contributed by atoms with van der Waals surface area (Å²) in [5.41, 5.74) is 8.92. The Hall–Kier alpha value is -1.06. The summed E-state index contributed by atoms with van der Waals surface area (Å²) in [5.74, 6) is 0. The Balaban J connectivity index is 2.66. The van der Waals surface area contributed by atoms with Crippen LogP contribution in [0, 0.1) is 5.21 Å². The van der Waals surface area contributed by atoms with Crippen LogP contribution in [0.4, 0.5) is 5.69 Å². The van der Waals surface area contributed by atoms with Crippen molar-refractivity contribution in [3.8, 4) is 0 Å². The third kappa shape index (κ3) is 2.22. The van der Waals surface area contributed by atoms with Gasteiger partial charge in [0.15, 0.2) is 0 Å². The standard InChI is InChI=1S/C8H11N2O/c9-6-5-7-1-3-8(10-11)4-2-7/h1-4,10H,5-6,9H2/q-1. The number of nitrogens with one attached hydrogen (secondary N) is 1. The lowest BCUT2D eigenvalue weighted by Gasteiger charge is -2.08. The minimum Gasteiger partial charge on any atom is -0.761 e. The normalized spacial score (nSPS) is 9.64. The van der Waals surface area contributed by atoms with Crippen molar-refractivity contribution in [1.82, 2.24) is 0 Å². The van der Waals surface area contributed by atoms with Gasteiger partial charge in [-0.05, 0) is 30.7 Å². The number of benzene rings is 1. The molecule has 1 aromatic carbocycles. The van der Waals surface area contributed by atoms with Crippen molar-refractivity contribution in [3.63, 3.8) is 0 Å². The molecule has 0 bridgehead atoms. The minimum atomic E-state index is 0.589. The van der Waals surface area contributed by atoms with E-state index in [1.54, 1.807) is 12.1 Å². The molecule has 0 saturated carbocycles. The number of rotatable bonds is 3. The van der Waals surface area contributed by atoms with Gasteiger partial charge in [-0.2, -0.15) is 0 Å². The maximum Gasteiger partial charge on any atom is 0.0233 e. The van der Waals surface area contributed by atoms with E-state index in [1.807, 2.05) is 17.6 Å². The molecule has 1 rings (SSSR count). The highest BCUT2D eigenvalue weighted by atomic mass is 16.5. The maximum absolute atomic E-state index is 10.1. The van der Waals surface area contributed by atoms with Gasteiger partial charge in [0.1, 0.15) is 0 Å². The van der Waals surface area contributed by atoms with Gasteiger partial charge in [0, 0.05) is 5.69 Å². The third-order valence-corrected chi connectivity index (χ3v) is 1.50. The fraction of sp³-hybridized carbons (Fsp3) is 0.250. The van der Waals surface area contributed by atoms with Gasteiger partial charge in [-0.1, -0.05) is 12.1 Å². The van der Waals surface area contributed by atoms with Gasteiger partial charge >= 0.3 is 0 Å². The first kappa shape index (κ1) is 8.04. The Morgan fingerprint density at radius 2 is 1.91 bits per heavy atom. The van der Waals surface area contributed by atoms with Gasteiger partial charge in [0.25, 0.3) is 0 Å². The van der Waals surface area contributed by atoms with Crippen LogP contribution >= 0.6 is 0 Å². The Kier molecular flexibility index (Phi) is 2.89. The summed E-state index contributed by atoms with van der Waals surface area (Å²) in [6, 6.07) is 7.29. The molecule has 0 heterocycles. The predicted molar refractivity (Wildman–Crippen MR) is 46.2 cm³/mol. The van der Waals surface area contributed by atoms with Crippen LogP contribution in [0.25, 0.3) is 0 Å². The number of hydrogen-bond donors (Lipinski definition) is 2. The lowest BCUT2D eigenvalue weighted by molar-refractivity contribution is 0.969. The third-order valence-electron chi connectivity index (χ3n) is 1.50. The van der Waals surface area contributed by atoms with E-state index in [9.17, 15) is 5.21 Å². The van der Waals surface area contributed by atoms with Crippen LogP contribution in [0.2, 0.25) is 0 Å². The predicted octanol–water partition coefficient (Wildman–Crippen LogP) is 1.10. The van der Waals surface area contributed by atoms with Gasteiger partial charge in [-0.15, -0.1) is 0 Å². The summed E-state index contributed by atoms with van der Waals surface area (Å²) in [5, 5.41) is 10.1. The van der Waals surface area contributed by atoms with Gasteiger partial charge in [0.05, 0.1) is 0 Å². The quantitative estimate of drug-likeness (QED) is 0.636. The van der Waals surface area contributed by atoms with Crippen LogP contribution in [0.5, 0.6) is 0 Å². The molecule has 3 heteroatoms. The highest BCUT2D eigenvalue weighted by molar-refractivity contribution is 5.44. The maximum atomic E-state index is 10.1. The molecule has 0 spiro atoms. The van der Waals surface area contributed by atoms with Crippen molar-refractivity contribution in [1.29, 1.82) is 0 Å². The van der Waals surface area contributed by atoms with E-state index in [-0.39, 0.29) is 0 Å². The van der Waals surface area contributed by atoms with Crippen LogP contribution in [-0.4, -0.2) is 6.54 Å². The van der Waals surface area contributed by atoms with E-state index >= 15 is 0 Å². The van der Waals surface area contributed by atoms with Crippen molar-refractivity contribution in [2.24, 2.45) is 5.73 Å². The first-order chi connectivity index (χ1) is 5.36. The van der Waals surface area contributed by atoms with E-state index in [2.05, 4.69) is 0 Å². The van der Waals surface area contributed by atoms with Crippen molar-refractivity contribution < 1.29 is 0 Å². The Bertz CT molecular complexity index is 208. The van der Waals surface area contributed by atoms with Crippen molar-refractivity contribution >= 4 is 5.69 Å². The Morgan fingerprint density at radius 3 is 2.36 bits per heavy atom. The molecule has 11 heavy (non-hydrogen) atoms. The van der Waals surface area contributed by atoms with E-state index in [4.69, 9.17) is 5.73 Å². The van der Waals surface area contributed by atoms with E-state index in [1.165, 1.54) is 0 Å². The smallest absolute Gasteiger partial charge is 0.0233 e. The summed E-state index contributed by atoms with van der Waals surface area (Å²) in [7, 11) is 0. The molecule has 3 N–H and O–H groups in total. The second-order valence-electron chi connectivity index (χ2n) is 2.34. The largest absolute Gasteiger partial charge is 0.761 e. The lowest BCUT2D eigenvalue weighted by atomic mass is 10.1. The first-order valence-corrected chi connectivity index (χ1v) is 3.54. The molecule has 60 valence electrons. The highest BCUT2D eigenvalue weighted by Gasteiger charge is 1.89. The number of anilines is 1. The topological polar surface area (TPSA) is 61.1 Å². The van der Waals surface area contributed by atoms with Crippen LogP contribution < -0.4 is 11.2 Å². The minimum absolute atomic E-state index is 0.589. The number of hydrogen-bond acceptors (Lipinski definition) is 3. The van der Waals surface area contributed by atoms with E-state index < -0.39 is 0 Å². The molecule has 0 aromatic heterocycles. The van der Waals surface area contributed by atoms with Gasteiger partial charge in [-0.25, -0.2) is 0 Å². The monoisotopic (exact) mass is 151 g/mol. The van der Waals surface area contributed by atoms with Crippen molar-refractivity contribution in [2.45, 2.75) is 6.42 Å². The van der Waals surface area contributed by atoms with E-state index in [0.717, 1.165) is 12.0 Å². The zero-order chi connectivity index (χ0) is 8.10. The van der Waals surface area contributed by atoms with Crippen molar-refractivity contribution in [2.75, 3.05) is 12.0 Å². The second-order valence-corrected chi connectivity index (χ2v) is 2.34. The molecular weight excluding hydrogens is 140 g/mol. The fourth-order valence-corrected chi connectivity index (χ4v) is 0.906. The summed E-state index contributed by atoms with van der Waals surface area (Å²) in [4.78, 5) is 0. The van der Waals surface area contributed by atoms with Crippen LogP contribution in [0.3, 0.4) is 0 Å². The molecule has 1 aromatic rings. The van der Waals surface area contributed by atoms with Crippen LogP contribution in [-0.2, 0) is 6.42 Å². The summed E-state index contributed by atoms with van der Waals surface area (Å²) in [6.07, 6.45) is 0.860. The molecule has 0 aliphatic heterocycles. The summed E-state index contributed by atoms with van der Waals surface area (Å²) < 4.78 is 0. The number of nitrogens with two attached hydrogens (primary N) is 1. The van der Waals surface area contributed by atoms with Gasteiger partial charge in [-0.3, -0.25) is 0 Å². The zero-order valence-corrected chi connectivity index (χ0v) is 6.21. The average molecular weight is 151 g/mol. The molecule has 0 aliphatic rings. The Morgan fingerprint density at radius 1 is 1.27 bits per heavy atom. The molecular formula is C8H11N2O-. The zero-order valence-electron chi connectivity index (χ0n) is 6.21. The molecule has 0 unspecified atom stereocenters. The molecule has 3 nitrogen and oxygen atoms in total. The van der Waals surface area contributed by atoms with Crippen LogP contribution in [0.1, 0.15) is 5.56 Å². The average Bonchev–Trinajstić information content (AvgIpc) is 2.07. The van der Waals surface area contributed by atoms with Crippen LogP contribution in [0.15, 0.2) is 24.3 Å². The SMILES string of the molecule is NCCc1ccc(N[O-])cc1.